The molecule has 0 saturated heterocycles. The van der Waals surface area contributed by atoms with Crippen LogP contribution in [0.15, 0.2) is 30.3 Å². The molecule has 5 heteroatoms. The van der Waals surface area contributed by atoms with Crippen LogP contribution in [0.1, 0.15) is 37.2 Å². The highest BCUT2D eigenvalue weighted by atomic mass is 16.3. The van der Waals surface area contributed by atoms with Crippen LogP contribution in [-0.2, 0) is 11.3 Å². The SMILES string of the molecule is Cc1nn(-c2ccccc2)c(C)c1CNC(=O)CC(O)C(C)C. The molecule has 23 heavy (non-hydrogen) atoms. The van der Waals surface area contributed by atoms with E-state index in [0.29, 0.717) is 6.54 Å². The van der Waals surface area contributed by atoms with E-state index in [0.717, 1.165) is 22.6 Å². The Labute approximate surface area is 137 Å². The summed E-state index contributed by atoms with van der Waals surface area (Å²) in [5.74, 6) is -0.0671. The molecular formula is C18H25N3O2. The van der Waals surface area contributed by atoms with Crippen molar-refractivity contribution >= 4 is 5.91 Å². The van der Waals surface area contributed by atoms with E-state index < -0.39 is 6.10 Å². The maximum atomic E-state index is 11.9. The van der Waals surface area contributed by atoms with Gasteiger partial charge in [-0.25, -0.2) is 4.68 Å². The van der Waals surface area contributed by atoms with Gasteiger partial charge in [-0.1, -0.05) is 32.0 Å². The molecule has 124 valence electrons. The number of benzene rings is 1. The molecular weight excluding hydrogens is 290 g/mol. The lowest BCUT2D eigenvalue weighted by Crippen LogP contribution is -2.29. The molecule has 0 radical (unpaired) electrons. The highest BCUT2D eigenvalue weighted by molar-refractivity contribution is 5.76. The number of para-hydroxylation sites is 1. The van der Waals surface area contributed by atoms with Gasteiger partial charge in [0.25, 0.3) is 0 Å². The minimum Gasteiger partial charge on any atom is -0.392 e. The summed E-state index contributed by atoms with van der Waals surface area (Å²) in [6.45, 7) is 8.16. The smallest absolute Gasteiger partial charge is 0.222 e. The maximum Gasteiger partial charge on any atom is 0.222 e. The topological polar surface area (TPSA) is 67.2 Å². The van der Waals surface area contributed by atoms with Crippen LogP contribution in [0.2, 0.25) is 0 Å². The van der Waals surface area contributed by atoms with Gasteiger partial charge >= 0.3 is 0 Å². The van der Waals surface area contributed by atoms with Gasteiger partial charge < -0.3 is 10.4 Å². The maximum absolute atomic E-state index is 11.9. The zero-order valence-corrected chi connectivity index (χ0v) is 14.2. The lowest BCUT2D eigenvalue weighted by atomic mass is 10.0. The Balaban J connectivity index is 2.07. The normalized spacial score (nSPS) is 12.4. The zero-order valence-electron chi connectivity index (χ0n) is 14.2. The second kappa shape index (κ2) is 7.42. The van der Waals surface area contributed by atoms with Crippen LogP contribution in [0, 0.1) is 19.8 Å². The molecule has 5 nitrogen and oxygen atoms in total. The first-order chi connectivity index (χ1) is 10.9. The van der Waals surface area contributed by atoms with Crippen LogP contribution in [-0.4, -0.2) is 26.9 Å². The quantitative estimate of drug-likeness (QED) is 0.861. The standard InChI is InChI=1S/C18H25N3O2/c1-12(2)17(22)10-18(23)19-11-16-13(3)20-21(14(16)4)15-8-6-5-7-9-15/h5-9,12,17,22H,10-11H2,1-4H3,(H,19,23). The summed E-state index contributed by atoms with van der Waals surface area (Å²) in [7, 11) is 0. The molecule has 0 aliphatic heterocycles. The summed E-state index contributed by atoms with van der Waals surface area (Å²) in [6, 6.07) is 9.92. The third-order valence-corrected chi connectivity index (χ3v) is 4.07. The molecule has 0 aliphatic rings. The predicted octanol–water partition coefficient (Wildman–Crippen LogP) is 2.51. The Kier molecular flexibility index (Phi) is 5.55. The van der Waals surface area contributed by atoms with Gasteiger partial charge in [-0.15, -0.1) is 0 Å². The molecule has 1 atom stereocenters. The molecule has 2 rings (SSSR count). The molecule has 1 amide bonds. The highest BCUT2D eigenvalue weighted by Gasteiger charge is 2.16. The van der Waals surface area contributed by atoms with Crippen LogP contribution in [0.25, 0.3) is 5.69 Å². The van der Waals surface area contributed by atoms with Crippen molar-refractivity contribution in [3.8, 4) is 5.69 Å². The molecule has 2 aromatic rings. The molecule has 0 fully saturated rings. The fourth-order valence-electron chi connectivity index (χ4n) is 2.44. The first kappa shape index (κ1) is 17.2. The number of hydrogen-bond donors (Lipinski definition) is 2. The Morgan fingerprint density at radius 3 is 2.52 bits per heavy atom. The molecule has 0 saturated carbocycles. The Morgan fingerprint density at radius 2 is 1.91 bits per heavy atom. The van der Waals surface area contributed by atoms with Crippen molar-refractivity contribution in [2.45, 2.75) is 46.8 Å². The van der Waals surface area contributed by atoms with Crippen LogP contribution in [0.4, 0.5) is 0 Å². The van der Waals surface area contributed by atoms with E-state index >= 15 is 0 Å². The number of nitrogens with one attached hydrogen (secondary N) is 1. The lowest BCUT2D eigenvalue weighted by molar-refractivity contribution is -0.123. The number of aryl methyl sites for hydroxylation is 1. The summed E-state index contributed by atoms with van der Waals surface area (Å²) in [6.07, 6.45) is -0.480. The molecule has 0 bridgehead atoms. The summed E-state index contributed by atoms with van der Waals surface area (Å²) in [5, 5.41) is 17.2. The number of aliphatic hydroxyl groups excluding tert-OH is 1. The van der Waals surface area contributed by atoms with E-state index in [9.17, 15) is 9.90 Å². The average Bonchev–Trinajstić information content (AvgIpc) is 2.80. The number of nitrogens with zero attached hydrogens (tertiary/aromatic N) is 2. The van der Waals surface area contributed by atoms with Gasteiger partial charge in [-0.2, -0.15) is 5.10 Å². The highest BCUT2D eigenvalue weighted by Crippen LogP contribution is 2.17. The number of amides is 1. The summed E-state index contributed by atoms with van der Waals surface area (Å²) in [5.41, 5.74) is 3.93. The van der Waals surface area contributed by atoms with E-state index in [2.05, 4.69) is 10.4 Å². The first-order valence-electron chi connectivity index (χ1n) is 7.95. The van der Waals surface area contributed by atoms with Gasteiger partial charge in [-0.3, -0.25) is 4.79 Å². The molecule has 0 spiro atoms. The average molecular weight is 315 g/mol. The van der Waals surface area contributed by atoms with E-state index in [1.54, 1.807) is 0 Å². The number of carbonyl (C=O) groups excluding carboxylic acids is 1. The predicted molar refractivity (Wildman–Crippen MR) is 90.3 cm³/mol. The van der Waals surface area contributed by atoms with Gasteiger partial charge in [0.15, 0.2) is 0 Å². The van der Waals surface area contributed by atoms with E-state index in [4.69, 9.17) is 0 Å². The van der Waals surface area contributed by atoms with Crippen LogP contribution in [0.5, 0.6) is 0 Å². The zero-order chi connectivity index (χ0) is 17.0. The summed E-state index contributed by atoms with van der Waals surface area (Å²) >= 11 is 0. The number of aromatic nitrogens is 2. The van der Waals surface area contributed by atoms with Crippen LogP contribution < -0.4 is 5.32 Å². The van der Waals surface area contributed by atoms with Gasteiger partial charge in [0.1, 0.15) is 0 Å². The minimum absolute atomic E-state index is 0.0741. The second-order valence-corrected chi connectivity index (χ2v) is 6.19. The van der Waals surface area contributed by atoms with Gasteiger partial charge in [0, 0.05) is 17.8 Å². The number of aliphatic hydroxyl groups is 1. The van der Waals surface area contributed by atoms with Crippen LogP contribution in [0.3, 0.4) is 0 Å². The summed E-state index contributed by atoms with van der Waals surface area (Å²) in [4.78, 5) is 11.9. The van der Waals surface area contributed by atoms with Crippen molar-refractivity contribution in [3.63, 3.8) is 0 Å². The minimum atomic E-state index is -0.607. The molecule has 1 aromatic heterocycles. The van der Waals surface area contributed by atoms with Crippen molar-refractivity contribution < 1.29 is 9.90 Å². The van der Waals surface area contributed by atoms with E-state index in [-0.39, 0.29) is 18.2 Å². The number of hydrogen-bond acceptors (Lipinski definition) is 3. The van der Waals surface area contributed by atoms with Crippen molar-refractivity contribution in [3.05, 3.63) is 47.3 Å². The van der Waals surface area contributed by atoms with Crippen molar-refractivity contribution in [2.75, 3.05) is 0 Å². The van der Waals surface area contributed by atoms with Gasteiger partial charge in [0.05, 0.1) is 23.9 Å². The largest absolute Gasteiger partial charge is 0.392 e. The lowest BCUT2D eigenvalue weighted by Gasteiger charge is -2.14. The Bertz CT molecular complexity index is 662. The van der Waals surface area contributed by atoms with Gasteiger partial charge in [-0.05, 0) is 31.9 Å². The third-order valence-electron chi connectivity index (χ3n) is 4.07. The molecule has 2 N–H and O–H groups in total. The van der Waals surface area contributed by atoms with Crippen LogP contribution >= 0.6 is 0 Å². The van der Waals surface area contributed by atoms with Crippen molar-refractivity contribution in [1.29, 1.82) is 0 Å². The van der Waals surface area contributed by atoms with E-state index in [1.807, 2.05) is 62.7 Å². The third kappa shape index (κ3) is 4.20. The fourth-order valence-corrected chi connectivity index (χ4v) is 2.44. The van der Waals surface area contributed by atoms with E-state index in [1.165, 1.54) is 0 Å². The first-order valence-corrected chi connectivity index (χ1v) is 7.95. The number of rotatable bonds is 6. The molecule has 0 aliphatic carbocycles. The summed E-state index contributed by atoms with van der Waals surface area (Å²) < 4.78 is 1.89. The monoisotopic (exact) mass is 315 g/mol. The Morgan fingerprint density at radius 1 is 1.26 bits per heavy atom. The fraction of sp³-hybridized carbons (Fsp3) is 0.444. The second-order valence-electron chi connectivity index (χ2n) is 6.19. The Hall–Kier alpha value is -2.14. The molecule has 1 aromatic carbocycles. The van der Waals surface area contributed by atoms with Crippen molar-refractivity contribution in [1.82, 2.24) is 15.1 Å². The van der Waals surface area contributed by atoms with Crippen molar-refractivity contribution in [2.24, 2.45) is 5.92 Å². The molecule has 1 heterocycles. The molecule has 1 unspecified atom stereocenters. The number of carbonyl (C=O) groups is 1. The van der Waals surface area contributed by atoms with Gasteiger partial charge in [0.2, 0.25) is 5.91 Å².